The van der Waals surface area contributed by atoms with Gasteiger partial charge in [-0.25, -0.2) is 14.4 Å². The lowest BCUT2D eigenvalue weighted by Gasteiger charge is -2.32. The highest BCUT2D eigenvalue weighted by Crippen LogP contribution is 2.30. The maximum atomic E-state index is 14.2. The monoisotopic (exact) mass is 451 g/mol. The summed E-state index contributed by atoms with van der Waals surface area (Å²) >= 11 is 0. The van der Waals surface area contributed by atoms with Crippen LogP contribution in [0.15, 0.2) is 29.4 Å². The third-order valence-corrected chi connectivity index (χ3v) is 5.34. The summed E-state index contributed by atoms with van der Waals surface area (Å²) in [6, 6.07) is 4.59. The van der Waals surface area contributed by atoms with Crippen molar-refractivity contribution >= 4 is 24.1 Å². The molecule has 1 aromatic carbocycles. The van der Waals surface area contributed by atoms with E-state index in [1.165, 1.54) is 18.3 Å². The van der Waals surface area contributed by atoms with Crippen molar-refractivity contribution in [1.29, 1.82) is 5.41 Å². The van der Waals surface area contributed by atoms with E-state index in [9.17, 15) is 17.6 Å². The molecule has 0 aliphatic carbocycles. The molecule has 4 N–H and O–H groups in total. The Kier molecular flexibility index (Phi) is 7.39. The fourth-order valence-corrected chi connectivity index (χ4v) is 3.53. The fraction of sp³-hybridized carbons (Fsp3) is 0.429. The van der Waals surface area contributed by atoms with Crippen LogP contribution in [0.1, 0.15) is 24.3 Å². The van der Waals surface area contributed by atoms with E-state index >= 15 is 0 Å². The first-order valence-corrected chi connectivity index (χ1v) is 10.1. The molecule has 2 heterocycles. The van der Waals surface area contributed by atoms with Crippen LogP contribution in [0.25, 0.3) is 11.3 Å². The van der Waals surface area contributed by atoms with Crippen molar-refractivity contribution < 1.29 is 17.6 Å². The molecule has 1 aliphatic rings. The molecule has 0 radical (unpaired) electrons. The SMILES string of the molecule is CNC1CCN(c2ncc(C(C=N)C=NCC(F)(F)F)c(-c3ccc(N)c(F)c3)n2)CC1. The number of halogens is 4. The van der Waals surface area contributed by atoms with Gasteiger partial charge >= 0.3 is 6.18 Å². The molecule has 7 nitrogen and oxygen atoms in total. The average Bonchev–Trinajstić information content (AvgIpc) is 2.78. The molecule has 32 heavy (non-hydrogen) atoms. The predicted octanol–water partition coefficient (Wildman–Crippen LogP) is 3.42. The van der Waals surface area contributed by atoms with E-state index < -0.39 is 24.5 Å². The number of anilines is 2. The van der Waals surface area contributed by atoms with Crippen molar-refractivity contribution in [2.45, 2.75) is 31.0 Å². The Morgan fingerprint density at radius 2 is 2.06 bits per heavy atom. The Balaban J connectivity index is 2.00. The minimum atomic E-state index is -4.45. The molecule has 3 rings (SSSR count). The van der Waals surface area contributed by atoms with Crippen LogP contribution in [0.5, 0.6) is 0 Å². The summed E-state index contributed by atoms with van der Waals surface area (Å²) in [4.78, 5) is 14.4. The second-order valence-electron chi connectivity index (χ2n) is 7.56. The number of alkyl halides is 3. The number of benzene rings is 1. The van der Waals surface area contributed by atoms with Crippen LogP contribution in [0, 0.1) is 11.2 Å². The number of piperidine rings is 1. The van der Waals surface area contributed by atoms with Crippen LogP contribution >= 0.6 is 0 Å². The van der Waals surface area contributed by atoms with E-state index in [1.54, 1.807) is 6.07 Å². The van der Waals surface area contributed by atoms with E-state index in [-0.39, 0.29) is 5.69 Å². The van der Waals surface area contributed by atoms with Crippen LogP contribution in [0.4, 0.5) is 29.2 Å². The van der Waals surface area contributed by atoms with Gasteiger partial charge in [0, 0.05) is 48.9 Å². The number of hydrogen-bond donors (Lipinski definition) is 3. The van der Waals surface area contributed by atoms with Crippen LogP contribution in [0.2, 0.25) is 0 Å². The minimum absolute atomic E-state index is 0.0333. The highest BCUT2D eigenvalue weighted by Gasteiger charge is 2.27. The van der Waals surface area contributed by atoms with Gasteiger partial charge in [-0.05, 0) is 32.0 Å². The fourth-order valence-electron chi connectivity index (χ4n) is 3.53. The third-order valence-electron chi connectivity index (χ3n) is 5.34. The van der Waals surface area contributed by atoms with Crippen LogP contribution in [0.3, 0.4) is 0 Å². The van der Waals surface area contributed by atoms with Crippen LogP contribution in [-0.4, -0.2) is 61.3 Å². The zero-order chi connectivity index (χ0) is 23.3. The molecule has 0 saturated carbocycles. The predicted molar refractivity (Wildman–Crippen MR) is 117 cm³/mol. The van der Waals surface area contributed by atoms with Crippen molar-refractivity contribution in [2.75, 3.05) is 37.3 Å². The number of nitrogens with two attached hydrogens (primary N) is 1. The summed E-state index contributed by atoms with van der Waals surface area (Å²) in [5.41, 5.74) is 6.60. The molecule has 11 heteroatoms. The van der Waals surface area contributed by atoms with Gasteiger partial charge in [-0.3, -0.25) is 4.99 Å². The van der Waals surface area contributed by atoms with E-state index in [2.05, 4.69) is 20.3 Å². The van der Waals surface area contributed by atoms with Crippen LogP contribution in [-0.2, 0) is 0 Å². The summed E-state index contributed by atoms with van der Waals surface area (Å²) in [7, 11) is 1.91. The number of nitrogen functional groups attached to an aromatic ring is 1. The van der Waals surface area contributed by atoms with Gasteiger partial charge in [0.25, 0.3) is 0 Å². The van der Waals surface area contributed by atoms with Crippen molar-refractivity contribution in [2.24, 2.45) is 4.99 Å². The summed E-state index contributed by atoms with van der Waals surface area (Å²) in [6.07, 6.45) is 0.806. The quantitative estimate of drug-likeness (QED) is 0.340. The van der Waals surface area contributed by atoms with Crippen LogP contribution < -0.4 is 16.0 Å². The van der Waals surface area contributed by atoms with Crippen molar-refractivity contribution in [3.8, 4) is 11.3 Å². The molecule has 2 aromatic rings. The number of aromatic nitrogens is 2. The van der Waals surface area contributed by atoms with Gasteiger partial charge in [-0.2, -0.15) is 13.2 Å². The van der Waals surface area contributed by atoms with E-state index in [1.807, 2.05) is 11.9 Å². The Bertz CT molecular complexity index is 969. The minimum Gasteiger partial charge on any atom is -0.396 e. The largest absolute Gasteiger partial charge is 0.407 e. The van der Waals surface area contributed by atoms with Gasteiger partial charge in [0.2, 0.25) is 5.95 Å². The maximum Gasteiger partial charge on any atom is 0.407 e. The van der Waals surface area contributed by atoms with E-state index in [4.69, 9.17) is 11.1 Å². The standard InChI is InChI=1S/C21H25F4N7/c1-28-15-4-6-32(7-5-15)20-30-11-16(14(9-26)10-29-12-21(23,24)25)19(31-20)13-2-3-18(27)17(22)8-13/h2-3,8-11,14-15,26,28H,4-7,12,27H2,1H3. The molecule has 1 saturated heterocycles. The Morgan fingerprint density at radius 1 is 1.34 bits per heavy atom. The zero-order valence-electron chi connectivity index (χ0n) is 17.5. The lowest BCUT2D eigenvalue weighted by Crippen LogP contribution is -2.42. The third kappa shape index (κ3) is 5.78. The number of rotatable bonds is 7. The molecule has 0 bridgehead atoms. The van der Waals surface area contributed by atoms with Crippen molar-refractivity contribution in [3.63, 3.8) is 0 Å². The molecule has 0 spiro atoms. The first-order chi connectivity index (χ1) is 15.2. The Morgan fingerprint density at radius 3 is 2.66 bits per heavy atom. The summed E-state index contributed by atoms with van der Waals surface area (Å²) in [5.74, 6) is -1.11. The molecule has 1 atom stereocenters. The van der Waals surface area contributed by atoms with Gasteiger partial charge in [0.05, 0.1) is 17.3 Å². The maximum absolute atomic E-state index is 14.2. The topological polar surface area (TPSA) is 103 Å². The number of aliphatic imine (C=N–C) groups is 1. The lowest BCUT2D eigenvalue weighted by atomic mass is 9.97. The zero-order valence-corrected chi connectivity index (χ0v) is 17.5. The molecule has 1 aromatic heterocycles. The normalized spacial score (nSPS) is 16.5. The summed E-state index contributed by atoms with van der Waals surface area (Å²) in [5, 5.41) is 10.9. The smallest absolute Gasteiger partial charge is 0.396 e. The Hall–Kier alpha value is -3.08. The van der Waals surface area contributed by atoms with Gasteiger partial charge in [-0.1, -0.05) is 6.07 Å². The first kappa shape index (κ1) is 23.6. The van der Waals surface area contributed by atoms with E-state index in [0.717, 1.165) is 38.4 Å². The summed E-state index contributed by atoms with van der Waals surface area (Å²) < 4.78 is 51.6. The van der Waals surface area contributed by atoms with Gasteiger partial charge < -0.3 is 21.4 Å². The molecular weight excluding hydrogens is 426 g/mol. The number of nitrogens with zero attached hydrogens (tertiary/aromatic N) is 4. The van der Waals surface area contributed by atoms with Gasteiger partial charge in [0.1, 0.15) is 12.4 Å². The highest BCUT2D eigenvalue weighted by molar-refractivity contribution is 5.91. The van der Waals surface area contributed by atoms with Crippen molar-refractivity contribution in [3.05, 3.63) is 35.8 Å². The average molecular weight is 451 g/mol. The van der Waals surface area contributed by atoms with Crippen molar-refractivity contribution in [1.82, 2.24) is 15.3 Å². The number of hydrogen-bond acceptors (Lipinski definition) is 7. The second kappa shape index (κ2) is 10.0. The lowest BCUT2D eigenvalue weighted by molar-refractivity contribution is -0.118. The molecular formula is C21H25F4N7. The first-order valence-electron chi connectivity index (χ1n) is 10.1. The van der Waals surface area contributed by atoms with E-state index in [0.29, 0.717) is 28.8 Å². The molecule has 1 unspecified atom stereocenters. The molecule has 172 valence electrons. The number of nitrogens with one attached hydrogen (secondary N) is 2. The van der Waals surface area contributed by atoms with Gasteiger partial charge in [0.15, 0.2) is 0 Å². The second-order valence-corrected chi connectivity index (χ2v) is 7.56. The molecule has 1 fully saturated rings. The molecule has 1 aliphatic heterocycles. The highest BCUT2D eigenvalue weighted by atomic mass is 19.4. The Labute approximate surface area is 183 Å². The molecule has 0 amide bonds. The van der Waals surface area contributed by atoms with Gasteiger partial charge in [-0.15, -0.1) is 0 Å². The summed E-state index contributed by atoms with van der Waals surface area (Å²) in [6.45, 7) is 0.0887.